The zero-order valence-electron chi connectivity index (χ0n) is 12.4. The van der Waals surface area contributed by atoms with E-state index in [1.165, 1.54) is 12.6 Å². The molecule has 3 N–H and O–H groups in total. The van der Waals surface area contributed by atoms with Crippen LogP contribution in [0.15, 0.2) is 24.4 Å². The molecule has 112 valence electrons. The zero-order valence-corrected chi connectivity index (χ0v) is 13.3. The van der Waals surface area contributed by atoms with Crippen molar-refractivity contribution >= 4 is 20.9 Å². The van der Waals surface area contributed by atoms with Gasteiger partial charge in [0.2, 0.25) is 10.0 Å². The summed E-state index contributed by atoms with van der Waals surface area (Å²) in [6, 6.07) is 5.71. The molecular weight excluding hydrogens is 274 g/mol. The van der Waals surface area contributed by atoms with Crippen LogP contribution in [-0.4, -0.2) is 34.5 Å². The number of sulfonamides is 1. The number of rotatable bonds is 4. The van der Waals surface area contributed by atoms with Gasteiger partial charge in [0.25, 0.3) is 0 Å². The molecule has 5 nitrogen and oxygen atoms in total. The van der Waals surface area contributed by atoms with Gasteiger partial charge in [-0.15, -0.1) is 0 Å². The van der Waals surface area contributed by atoms with Crippen molar-refractivity contribution in [2.75, 3.05) is 21.1 Å². The van der Waals surface area contributed by atoms with Gasteiger partial charge in [0.1, 0.15) is 0 Å². The summed E-state index contributed by atoms with van der Waals surface area (Å²) in [6.07, 6.45) is 2.91. The van der Waals surface area contributed by atoms with Gasteiger partial charge in [-0.25, -0.2) is 13.1 Å². The second-order valence-corrected chi connectivity index (χ2v) is 6.44. The number of aryl methyl sites for hydroxylation is 1. The highest BCUT2D eigenvalue weighted by Gasteiger charge is 2.10. The molecule has 0 saturated heterocycles. The first-order valence-corrected chi connectivity index (χ1v) is 8.21. The van der Waals surface area contributed by atoms with Gasteiger partial charge >= 0.3 is 0 Å². The molecule has 20 heavy (non-hydrogen) atoms. The Kier molecular flexibility index (Phi) is 6.19. The summed E-state index contributed by atoms with van der Waals surface area (Å²) >= 11 is 0. The first-order chi connectivity index (χ1) is 9.47. The minimum Gasteiger partial charge on any atom is -0.361 e. The standard InChI is InChI=1S/C12H16N2O2S.C2H7N/c1-3-10-7-14-12-5-4-9(6-11(10)12)8-17(15,16)13-2;1-3-2/h4-7,13-14H,3,8H2,1-2H3;3H,1-2H3. The maximum Gasteiger partial charge on any atom is 0.215 e. The number of H-pyrrole nitrogens is 1. The molecule has 0 atom stereocenters. The van der Waals surface area contributed by atoms with Crippen LogP contribution in [-0.2, 0) is 22.2 Å². The van der Waals surface area contributed by atoms with Gasteiger partial charge < -0.3 is 10.3 Å². The molecule has 0 spiro atoms. The second-order valence-electron chi connectivity index (χ2n) is 4.51. The number of benzene rings is 1. The number of hydrogen-bond donors (Lipinski definition) is 3. The van der Waals surface area contributed by atoms with E-state index in [2.05, 4.69) is 21.9 Å². The second kappa shape index (κ2) is 7.42. The molecule has 0 aliphatic carbocycles. The minimum absolute atomic E-state index is 0.0216. The minimum atomic E-state index is -3.20. The molecule has 0 radical (unpaired) electrons. The maximum atomic E-state index is 11.5. The van der Waals surface area contributed by atoms with E-state index < -0.39 is 10.0 Å². The van der Waals surface area contributed by atoms with Gasteiger partial charge in [0.05, 0.1) is 5.75 Å². The molecule has 0 amide bonds. The molecular formula is C14H23N3O2S. The van der Waals surface area contributed by atoms with E-state index in [0.29, 0.717) is 0 Å². The van der Waals surface area contributed by atoms with Crippen LogP contribution in [0.5, 0.6) is 0 Å². The molecule has 1 heterocycles. The summed E-state index contributed by atoms with van der Waals surface area (Å²) < 4.78 is 25.3. The van der Waals surface area contributed by atoms with Crippen LogP contribution in [0.3, 0.4) is 0 Å². The summed E-state index contributed by atoms with van der Waals surface area (Å²) in [4.78, 5) is 3.18. The van der Waals surface area contributed by atoms with Crippen LogP contribution in [0, 0.1) is 0 Å². The van der Waals surface area contributed by atoms with Crippen LogP contribution in [0.1, 0.15) is 18.1 Å². The third-order valence-corrected chi connectivity index (χ3v) is 4.22. The highest BCUT2D eigenvalue weighted by molar-refractivity contribution is 7.88. The number of fused-ring (bicyclic) bond motifs is 1. The van der Waals surface area contributed by atoms with Gasteiger partial charge in [-0.05, 0) is 50.8 Å². The number of aromatic nitrogens is 1. The third kappa shape index (κ3) is 4.33. The molecule has 2 rings (SSSR count). The highest BCUT2D eigenvalue weighted by atomic mass is 32.2. The van der Waals surface area contributed by atoms with Crippen molar-refractivity contribution in [3.05, 3.63) is 35.5 Å². The quantitative estimate of drug-likeness (QED) is 0.803. The zero-order chi connectivity index (χ0) is 15.2. The van der Waals surface area contributed by atoms with Crippen LogP contribution >= 0.6 is 0 Å². The van der Waals surface area contributed by atoms with Crippen molar-refractivity contribution in [3.8, 4) is 0 Å². The van der Waals surface area contributed by atoms with Gasteiger partial charge in [-0.1, -0.05) is 13.0 Å². The molecule has 0 unspecified atom stereocenters. The molecule has 0 aliphatic heterocycles. The molecule has 6 heteroatoms. The predicted molar refractivity (Wildman–Crippen MR) is 84.3 cm³/mol. The predicted octanol–water partition coefficient (Wildman–Crippen LogP) is 1.62. The van der Waals surface area contributed by atoms with Crippen molar-refractivity contribution in [2.24, 2.45) is 0 Å². The summed E-state index contributed by atoms with van der Waals surface area (Å²) in [5.41, 5.74) is 3.07. The maximum absolute atomic E-state index is 11.5. The van der Waals surface area contributed by atoms with E-state index in [0.717, 1.165) is 22.9 Å². The highest BCUT2D eigenvalue weighted by Crippen LogP contribution is 2.21. The smallest absolute Gasteiger partial charge is 0.215 e. The first kappa shape index (κ1) is 16.7. The number of hydrogen-bond acceptors (Lipinski definition) is 3. The largest absolute Gasteiger partial charge is 0.361 e. The average molecular weight is 297 g/mol. The lowest BCUT2D eigenvalue weighted by atomic mass is 10.1. The monoisotopic (exact) mass is 297 g/mol. The van der Waals surface area contributed by atoms with E-state index in [-0.39, 0.29) is 5.75 Å². The molecule has 0 aliphatic rings. The lowest BCUT2D eigenvalue weighted by Gasteiger charge is -2.03. The molecule has 0 saturated carbocycles. The Morgan fingerprint density at radius 1 is 1.20 bits per heavy atom. The fraction of sp³-hybridized carbons (Fsp3) is 0.429. The average Bonchev–Trinajstić information content (AvgIpc) is 2.81. The number of nitrogens with one attached hydrogen (secondary N) is 3. The molecule has 1 aromatic heterocycles. The Bertz CT molecular complexity index is 647. The third-order valence-electron chi connectivity index (χ3n) is 2.88. The SMILES string of the molecule is CCc1c[nH]c2ccc(CS(=O)(=O)NC)cc12.CNC. The lowest BCUT2D eigenvalue weighted by molar-refractivity contribution is 0.587. The Hall–Kier alpha value is -1.37. The Morgan fingerprint density at radius 3 is 2.40 bits per heavy atom. The Labute approximate surface area is 120 Å². The molecule has 0 bridgehead atoms. The van der Waals surface area contributed by atoms with Crippen molar-refractivity contribution < 1.29 is 8.42 Å². The molecule has 2 aromatic rings. The van der Waals surface area contributed by atoms with Crippen molar-refractivity contribution in [2.45, 2.75) is 19.1 Å². The summed E-state index contributed by atoms with van der Waals surface area (Å²) in [5.74, 6) is 0.0216. The van der Waals surface area contributed by atoms with Crippen LogP contribution in [0.4, 0.5) is 0 Å². The first-order valence-electron chi connectivity index (χ1n) is 6.56. The van der Waals surface area contributed by atoms with Gasteiger partial charge in [-0.3, -0.25) is 0 Å². The van der Waals surface area contributed by atoms with Gasteiger partial charge in [0, 0.05) is 17.1 Å². The Morgan fingerprint density at radius 2 is 1.85 bits per heavy atom. The fourth-order valence-electron chi connectivity index (χ4n) is 1.90. The topological polar surface area (TPSA) is 74.0 Å². The van der Waals surface area contributed by atoms with Crippen molar-refractivity contribution in [3.63, 3.8) is 0 Å². The van der Waals surface area contributed by atoms with E-state index >= 15 is 0 Å². The molecule has 0 fully saturated rings. The van der Waals surface area contributed by atoms with E-state index in [1.54, 1.807) is 0 Å². The van der Waals surface area contributed by atoms with Crippen LogP contribution < -0.4 is 10.0 Å². The van der Waals surface area contributed by atoms with E-state index in [9.17, 15) is 8.42 Å². The Balaban J connectivity index is 0.000000612. The summed E-state index contributed by atoms with van der Waals surface area (Å²) in [6.45, 7) is 2.08. The van der Waals surface area contributed by atoms with Gasteiger partial charge in [0.15, 0.2) is 0 Å². The number of aromatic amines is 1. The van der Waals surface area contributed by atoms with E-state index in [1.807, 2.05) is 38.5 Å². The summed E-state index contributed by atoms with van der Waals surface area (Å²) in [7, 11) is 1.98. The van der Waals surface area contributed by atoms with Crippen LogP contribution in [0.2, 0.25) is 0 Å². The molecule has 1 aromatic carbocycles. The lowest BCUT2D eigenvalue weighted by Crippen LogP contribution is -2.20. The fourth-order valence-corrected chi connectivity index (χ4v) is 2.66. The van der Waals surface area contributed by atoms with Crippen molar-refractivity contribution in [1.82, 2.24) is 15.0 Å². The van der Waals surface area contributed by atoms with Crippen LogP contribution in [0.25, 0.3) is 10.9 Å². The van der Waals surface area contributed by atoms with Gasteiger partial charge in [-0.2, -0.15) is 0 Å². The van der Waals surface area contributed by atoms with E-state index in [4.69, 9.17) is 0 Å². The van der Waals surface area contributed by atoms with Crippen molar-refractivity contribution in [1.29, 1.82) is 0 Å². The summed E-state index contributed by atoms with van der Waals surface area (Å²) in [5, 5.41) is 3.86. The normalized spacial score (nSPS) is 11.2.